The van der Waals surface area contributed by atoms with Crippen LogP contribution in [0.4, 0.5) is 5.69 Å². The van der Waals surface area contributed by atoms with E-state index in [2.05, 4.69) is 33.7 Å². The maximum absolute atomic E-state index is 13.5. The Bertz CT molecular complexity index is 850. The lowest BCUT2D eigenvalue weighted by atomic mass is 9.89. The Labute approximate surface area is 181 Å². The first kappa shape index (κ1) is 20.9. The van der Waals surface area contributed by atoms with Gasteiger partial charge >= 0.3 is 0 Å². The van der Waals surface area contributed by atoms with Gasteiger partial charge in [-0.25, -0.2) is 0 Å². The molecule has 9 heteroatoms. The zero-order valence-corrected chi connectivity index (χ0v) is 18.4. The number of thioether (sulfide) groups is 1. The number of likely N-dealkylation sites (tertiary alicyclic amines) is 1. The minimum Gasteiger partial charge on any atom is -0.395 e. The number of amides is 1. The summed E-state index contributed by atoms with van der Waals surface area (Å²) < 4.78 is 0. The molecule has 0 aliphatic carbocycles. The maximum Gasteiger partial charge on any atom is 0.256 e. The third-order valence-electron chi connectivity index (χ3n) is 6.15. The van der Waals surface area contributed by atoms with Gasteiger partial charge in [-0.05, 0) is 37.3 Å². The number of aliphatic hydroxyl groups is 1. The lowest BCUT2D eigenvalue weighted by molar-refractivity contribution is 0.0551. The molecule has 162 valence electrons. The molecule has 1 aromatic rings. The van der Waals surface area contributed by atoms with Crippen LogP contribution < -0.4 is 21.4 Å². The molecule has 0 saturated carbocycles. The summed E-state index contributed by atoms with van der Waals surface area (Å²) in [6, 6.07) is 7.74. The summed E-state index contributed by atoms with van der Waals surface area (Å²) in [6.07, 6.45) is 3.59. The Kier molecular flexibility index (Phi) is 5.84. The van der Waals surface area contributed by atoms with E-state index in [-0.39, 0.29) is 29.3 Å². The molecule has 1 saturated heterocycles. The standard InChI is InChI=1S/C21H30N6O2S/c1-14-8-9-15(19-24-18(11-30-19)21(2,3)12-28)10-26(14)20(29)16-6-4-5-7-17(16)27-23-13-22-25-27/h4-7,11,13-15,19,24-25,28H,8-10,12H2,1-3H3,(H,22,23)/t14-,15?,19?/m1/s1. The van der Waals surface area contributed by atoms with Gasteiger partial charge in [-0.15, -0.1) is 16.9 Å². The Morgan fingerprint density at radius 1 is 1.33 bits per heavy atom. The minimum absolute atomic E-state index is 0.0326. The quantitative estimate of drug-likeness (QED) is 0.569. The number of benzene rings is 1. The first-order chi connectivity index (χ1) is 14.4. The van der Waals surface area contributed by atoms with Crippen molar-refractivity contribution in [3.05, 3.63) is 40.9 Å². The zero-order valence-electron chi connectivity index (χ0n) is 17.6. The molecule has 8 nitrogen and oxygen atoms in total. The van der Waals surface area contributed by atoms with E-state index in [0.717, 1.165) is 24.2 Å². The SMILES string of the molecule is C[C@@H]1CCC(C2NC(C(C)(C)CO)=CS2)CN1C(=O)c1ccccc1N1NC=NN1. The average Bonchev–Trinajstić information content (AvgIpc) is 3.46. The zero-order chi connectivity index (χ0) is 21.3. The maximum atomic E-state index is 13.5. The molecule has 1 amide bonds. The number of hydrogen-bond acceptors (Lipinski definition) is 8. The number of aliphatic hydroxyl groups excluding tert-OH is 1. The van der Waals surface area contributed by atoms with E-state index in [9.17, 15) is 9.90 Å². The van der Waals surface area contributed by atoms with Crippen molar-refractivity contribution in [2.45, 2.75) is 45.0 Å². The van der Waals surface area contributed by atoms with Gasteiger partial charge in [0.05, 0.1) is 23.2 Å². The molecule has 0 radical (unpaired) electrons. The second-order valence-electron chi connectivity index (χ2n) is 8.76. The second-order valence-corrected chi connectivity index (χ2v) is 9.77. The van der Waals surface area contributed by atoms with E-state index in [0.29, 0.717) is 18.0 Å². The van der Waals surface area contributed by atoms with Crippen LogP contribution in [-0.4, -0.2) is 46.8 Å². The van der Waals surface area contributed by atoms with Crippen molar-refractivity contribution >= 4 is 29.7 Å². The average molecular weight is 431 g/mol. The molecule has 4 rings (SSSR count). The highest BCUT2D eigenvalue weighted by atomic mass is 32.2. The molecule has 3 heterocycles. The number of carbonyl (C=O) groups is 1. The van der Waals surface area contributed by atoms with E-state index in [1.165, 1.54) is 0 Å². The van der Waals surface area contributed by atoms with Crippen LogP contribution in [0.3, 0.4) is 0 Å². The summed E-state index contributed by atoms with van der Waals surface area (Å²) in [5.41, 5.74) is 8.00. The highest BCUT2D eigenvalue weighted by Crippen LogP contribution is 2.39. The first-order valence-electron chi connectivity index (χ1n) is 10.4. The normalized spacial score (nSPS) is 26.1. The van der Waals surface area contributed by atoms with E-state index in [1.807, 2.05) is 43.0 Å². The van der Waals surface area contributed by atoms with Crippen LogP contribution in [0, 0.1) is 11.3 Å². The fraction of sp³-hybridized carbons (Fsp3) is 0.524. The van der Waals surface area contributed by atoms with Gasteiger partial charge in [0.25, 0.3) is 5.91 Å². The topological polar surface area (TPSA) is 92.2 Å². The lowest BCUT2D eigenvalue weighted by Crippen LogP contribution is -2.50. The van der Waals surface area contributed by atoms with Crippen molar-refractivity contribution in [2.24, 2.45) is 16.4 Å². The van der Waals surface area contributed by atoms with Crippen molar-refractivity contribution in [1.82, 2.24) is 21.2 Å². The van der Waals surface area contributed by atoms with Crippen LogP contribution >= 0.6 is 11.8 Å². The molecule has 2 unspecified atom stereocenters. The predicted molar refractivity (Wildman–Crippen MR) is 120 cm³/mol. The van der Waals surface area contributed by atoms with E-state index in [4.69, 9.17) is 0 Å². The summed E-state index contributed by atoms with van der Waals surface area (Å²) in [6.45, 7) is 7.00. The van der Waals surface area contributed by atoms with E-state index in [1.54, 1.807) is 23.2 Å². The third-order valence-corrected chi connectivity index (χ3v) is 7.31. The van der Waals surface area contributed by atoms with Gasteiger partial charge in [-0.1, -0.05) is 26.0 Å². The number of nitrogens with zero attached hydrogens (tertiary/aromatic N) is 3. The van der Waals surface area contributed by atoms with Gasteiger partial charge in [0.1, 0.15) is 6.34 Å². The molecule has 3 aliphatic rings. The van der Waals surface area contributed by atoms with Crippen molar-refractivity contribution in [3.63, 3.8) is 0 Å². The van der Waals surface area contributed by atoms with Crippen molar-refractivity contribution < 1.29 is 9.90 Å². The van der Waals surface area contributed by atoms with E-state index >= 15 is 0 Å². The van der Waals surface area contributed by atoms with E-state index < -0.39 is 0 Å². The predicted octanol–water partition coefficient (Wildman–Crippen LogP) is 2.22. The molecule has 1 aromatic carbocycles. The van der Waals surface area contributed by atoms with Crippen LogP contribution in [0.2, 0.25) is 0 Å². The Hall–Kier alpha value is -2.39. The van der Waals surface area contributed by atoms with Crippen LogP contribution in [0.25, 0.3) is 0 Å². The highest BCUT2D eigenvalue weighted by molar-refractivity contribution is 8.03. The molecule has 0 aromatic heterocycles. The van der Waals surface area contributed by atoms with Crippen molar-refractivity contribution in [3.8, 4) is 0 Å². The Morgan fingerprint density at radius 3 is 2.87 bits per heavy atom. The number of hydrazine groups is 2. The third kappa shape index (κ3) is 3.96. The van der Waals surface area contributed by atoms with Gasteiger partial charge in [-0.3, -0.25) is 10.2 Å². The van der Waals surface area contributed by atoms with Gasteiger partial charge in [0.2, 0.25) is 0 Å². The highest BCUT2D eigenvalue weighted by Gasteiger charge is 2.38. The molecular formula is C21H30N6O2S. The fourth-order valence-electron chi connectivity index (χ4n) is 4.03. The number of para-hydroxylation sites is 1. The molecule has 30 heavy (non-hydrogen) atoms. The second kappa shape index (κ2) is 8.39. The number of nitrogens with one attached hydrogen (secondary N) is 3. The summed E-state index contributed by atoms with van der Waals surface area (Å²) in [5, 5.41) is 21.2. The van der Waals surface area contributed by atoms with Gasteiger partial charge in [-0.2, -0.15) is 10.7 Å². The number of piperidine rings is 1. The summed E-state index contributed by atoms with van der Waals surface area (Å²) >= 11 is 1.77. The van der Waals surface area contributed by atoms with Crippen LogP contribution in [0.1, 0.15) is 44.0 Å². The molecule has 4 N–H and O–H groups in total. The van der Waals surface area contributed by atoms with Crippen molar-refractivity contribution in [1.29, 1.82) is 0 Å². The summed E-state index contributed by atoms with van der Waals surface area (Å²) in [4.78, 5) is 15.5. The molecule has 0 bridgehead atoms. The van der Waals surface area contributed by atoms with Crippen LogP contribution in [0.15, 0.2) is 40.5 Å². The summed E-state index contributed by atoms with van der Waals surface area (Å²) in [5.74, 6) is 0.377. The lowest BCUT2D eigenvalue weighted by Gasteiger charge is -2.41. The number of hydrazone groups is 1. The first-order valence-corrected chi connectivity index (χ1v) is 11.3. The van der Waals surface area contributed by atoms with Gasteiger partial charge in [0.15, 0.2) is 0 Å². The molecule has 0 spiro atoms. The molecule has 1 fully saturated rings. The molecule has 3 atom stereocenters. The van der Waals surface area contributed by atoms with Gasteiger partial charge < -0.3 is 15.3 Å². The minimum atomic E-state index is -0.282. The fourth-order valence-corrected chi connectivity index (χ4v) is 5.34. The Balaban J connectivity index is 1.48. The monoisotopic (exact) mass is 430 g/mol. The molecular weight excluding hydrogens is 400 g/mol. The van der Waals surface area contributed by atoms with Gasteiger partial charge in [0, 0.05) is 29.6 Å². The van der Waals surface area contributed by atoms with Crippen LogP contribution in [0.5, 0.6) is 0 Å². The van der Waals surface area contributed by atoms with Crippen LogP contribution in [-0.2, 0) is 0 Å². The smallest absolute Gasteiger partial charge is 0.256 e. The largest absolute Gasteiger partial charge is 0.395 e. The van der Waals surface area contributed by atoms with Crippen molar-refractivity contribution in [2.75, 3.05) is 18.3 Å². The summed E-state index contributed by atoms with van der Waals surface area (Å²) in [7, 11) is 0. The number of rotatable bonds is 5. The Morgan fingerprint density at radius 2 is 2.13 bits per heavy atom. The number of hydrogen-bond donors (Lipinski definition) is 4. The molecule has 3 aliphatic heterocycles. The number of anilines is 1. The number of carbonyl (C=O) groups excluding carboxylic acids is 1.